The molecular formula is C80H56N4O2. The minimum Gasteiger partial charge on any atom is -0.464 e. The molecule has 0 atom stereocenters. The van der Waals surface area contributed by atoms with Crippen LogP contribution in [0.3, 0.4) is 0 Å². The van der Waals surface area contributed by atoms with Crippen LogP contribution in [0, 0.1) is 6.92 Å². The largest absolute Gasteiger partial charge is 0.464 e. The summed E-state index contributed by atoms with van der Waals surface area (Å²) < 4.78 is 17.4. The standard InChI is InChI=1S/C80H56N4O2/c1-51(27-29-58-50-85-75-25-11-9-20-63(58)75)49-82(59-16-5-3-6-17-59)60-37-30-53(31-38-60)56-35-42-72-70(47-56)67-22-13-15-55-34-43-73-64(45-46-81(72)78(55)67)66-23-14-24-68-71-48-57(36-44-74(71)84(73)79(66)68)54-32-39-62(40-33-54)83(61-18-7-4-8-19-61)77-52(2)28-41-69-65-21-10-12-26-76(65)86-80(69)77/h3-30,32-37,39-50H,31,38H2,1-2H3/b29-27-,43-34?,46-45?,51-49+. The summed E-state index contributed by atoms with van der Waals surface area (Å²) in [5.74, 6) is 0. The molecule has 86 heavy (non-hydrogen) atoms. The lowest BCUT2D eigenvalue weighted by Gasteiger charge is -2.27. The molecule has 0 fully saturated rings. The summed E-state index contributed by atoms with van der Waals surface area (Å²) in [6, 6.07) is 85.8. The molecule has 6 aromatic heterocycles. The van der Waals surface area contributed by atoms with Crippen molar-refractivity contribution < 1.29 is 8.83 Å². The summed E-state index contributed by atoms with van der Waals surface area (Å²) in [6.45, 7) is 4.34. The van der Waals surface area contributed by atoms with Crippen molar-refractivity contribution in [3.05, 3.63) is 301 Å². The maximum atomic E-state index is 6.66. The number of hydrogen-bond donors (Lipinski definition) is 0. The lowest BCUT2D eigenvalue weighted by atomic mass is 9.94. The Kier molecular flexibility index (Phi) is 11.4. The normalized spacial score (nSPS) is 13.3. The van der Waals surface area contributed by atoms with Crippen molar-refractivity contribution in [2.24, 2.45) is 0 Å². The SMILES string of the molecule is CC(/C=C\c1coc2ccccc12)=C\N(C1=CC=C(c2ccc3c(c2)c2cccc4ccc5c(ccn3c42)c2cccc3c4cc(-c6ccc(N(c7ccccc7)c7c(C)ccc8c7oc7ccccc78)cc6)ccc4n5c23)CC1)c1ccccc1. The minimum atomic E-state index is 0.887. The molecule has 6 heteroatoms. The molecule has 10 aromatic carbocycles. The van der Waals surface area contributed by atoms with E-state index < -0.39 is 0 Å². The molecular weight excluding hydrogens is 1050 g/mol. The molecule has 0 saturated heterocycles. The fourth-order valence-electron chi connectivity index (χ4n) is 13.8. The van der Waals surface area contributed by atoms with Gasteiger partial charge in [0.1, 0.15) is 11.2 Å². The fourth-order valence-corrected chi connectivity index (χ4v) is 13.8. The van der Waals surface area contributed by atoms with Crippen LogP contribution in [0.5, 0.6) is 0 Å². The lowest BCUT2D eigenvalue weighted by Crippen LogP contribution is -2.17. The van der Waals surface area contributed by atoms with Crippen LogP contribution < -0.4 is 9.80 Å². The van der Waals surface area contributed by atoms with Gasteiger partial charge >= 0.3 is 0 Å². The van der Waals surface area contributed by atoms with E-state index >= 15 is 0 Å². The summed E-state index contributed by atoms with van der Waals surface area (Å²) in [5.41, 5.74) is 22.6. The zero-order valence-electron chi connectivity index (χ0n) is 47.6. The van der Waals surface area contributed by atoms with E-state index in [4.69, 9.17) is 8.83 Å². The fraction of sp³-hybridized carbons (Fsp3) is 0.0500. The van der Waals surface area contributed by atoms with Crippen molar-refractivity contribution in [2.45, 2.75) is 26.7 Å². The third kappa shape index (κ3) is 7.94. The van der Waals surface area contributed by atoms with Crippen molar-refractivity contribution in [1.82, 2.24) is 8.80 Å². The molecule has 17 rings (SSSR count). The highest BCUT2D eigenvalue weighted by Crippen LogP contribution is 2.46. The summed E-state index contributed by atoms with van der Waals surface area (Å²) >= 11 is 0. The van der Waals surface area contributed by atoms with Gasteiger partial charge in [-0.15, -0.1) is 0 Å². The van der Waals surface area contributed by atoms with Crippen molar-refractivity contribution in [1.29, 1.82) is 0 Å². The van der Waals surface area contributed by atoms with Crippen LogP contribution in [0.25, 0.3) is 121 Å². The molecule has 6 heterocycles. The second kappa shape index (κ2) is 19.8. The molecule has 0 spiro atoms. The number of allylic oxidation sites excluding steroid dienone is 6. The minimum absolute atomic E-state index is 0.887. The van der Waals surface area contributed by atoms with E-state index in [2.05, 4.69) is 288 Å². The third-order valence-electron chi connectivity index (χ3n) is 17.9. The number of para-hydroxylation sites is 6. The zero-order valence-corrected chi connectivity index (χ0v) is 47.6. The first-order valence-electron chi connectivity index (χ1n) is 29.7. The molecule has 0 unspecified atom stereocenters. The van der Waals surface area contributed by atoms with Gasteiger partial charge in [-0.05, 0) is 156 Å². The molecule has 0 amide bonds. The van der Waals surface area contributed by atoms with Crippen LogP contribution in [0.15, 0.2) is 294 Å². The second-order valence-electron chi connectivity index (χ2n) is 22.9. The van der Waals surface area contributed by atoms with Gasteiger partial charge in [0.25, 0.3) is 0 Å². The summed E-state index contributed by atoms with van der Waals surface area (Å²) in [5, 5.41) is 12.0. The number of nitrogens with zero attached hydrogens (tertiary/aromatic N) is 4. The predicted molar refractivity (Wildman–Crippen MR) is 361 cm³/mol. The molecule has 6 nitrogen and oxygen atoms in total. The Morgan fingerprint density at radius 2 is 1.12 bits per heavy atom. The maximum Gasteiger partial charge on any atom is 0.159 e. The molecule has 0 saturated carbocycles. The van der Waals surface area contributed by atoms with Crippen LogP contribution in [-0.4, -0.2) is 8.80 Å². The van der Waals surface area contributed by atoms with Gasteiger partial charge in [-0.1, -0.05) is 170 Å². The molecule has 0 aliphatic heterocycles. The second-order valence-corrected chi connectivity index (χ2v) is 22.9. The number of anilines is 4. The third-order valence-corrected chi connectivity index (χ3v) is 17.9. The van der Waals surface area contributed by atoms with E-state index in [0.29, 0.717) is 0 Å². The van der Waals surface area contributed by atoms with Gasteiger partial charge in [0.2, 0.25) is 0 Å². The Labute approximate surface area is 496 Å². The molecule has 0 N–H and O–H groups in total. The van der Waals surface area contributed by atoms with Crippen molar-refractivity contribution >= 4 is 133 Å². The topological polar surface area (TPSA) is 41.6 Å². The van der Waals surface area contributed by atoms with Crippen LogP contribution in [0.2, 0.25) is 0 Å². The molecule has 0 radical (unpaired) electrons. The van der Waals surface area contributed by atoms with Gasteiger partial charge in [0, 0.05) is 89.2 Å². The van der Waals surface area contributed by atoms with Crippen molar-refractivity contribution in [2.75, 3.05) is 9.80 Å². The van der Waals surface area contributed by atoms with Crippen molar-refractivity contribution in [3.8, 4) is 11.1 Å². The van der Waals surface area contributed by atoms with Crippen LogP contribution in [0.1, 0.15) is 36.5 Å². The number of aryl methyl sites for hydroxylation is 1. The molecule has 408 valence electrons. The molecule has 1 aliphatic carbocycles. The molecule has 16 aromatic rings. The summed E-state index contributed by atoms with van der Waals surface area (Å²) in [6.07, 6.45) is 17.2. The maximum absolute atomic E-state index is 6.66. The Morgan fingerprint density at radius 1 is 0.477 bits per heavy atom. The van der Waals surface area contributed by atoms with Gasteiger partial charge in [-0.2, -0.15) is 0 Å². The van der Waals surface area contributed by atoms with Gasteiger partial charge < -0.3 is 27.4 Å². The first-order chi connectivity index (χ1) is 42.5. The Bertz CT molecular complexity index is 5550. The van der Waals surface area contributed by atoms with E-state index in [1.807, 2.05) is 24.5 Å². The van der Waals surface area contributed by atoms with E-state index in [1.54, 1.807) is 0 Å². The Morgan fingerprint density at radius 3 is 1.93 bits per heavy atom. The average molecular weight is 1110 g/mol. The highest BCUT2D eigenvalue weighted by atomic mass is 16.3. The van der Waals surface area contributed by atoms with Gasteiger partial charge in [0.05, 0.1) is 39.5 Å². The average Bonchev–Trinajstić information content (AvgIpc) is 1.90. The lowest BCUT2D eigenvalue weighted by molar-refractivity contribution is 0.615. The number of rotatable bonds is 10. The Balaban J connectivity index is 0.715. The summed E-state index contributed by atoms with van der Waals surface area (Å²) in [4.78, 5) is 4.68. The Hall–Kier alpha value is -11.1. The first-order valence-corrected chi connectivity index (χ1v) is 29.7. The van der Waals surface area contributed by atoms with Gasteiger partial charge in [-0.3, -0.25) is 0 Å². The quantitative estimate of drug-likeness (QED) is 0.128. The number of hydrogen-bond acceptors (Lipinski definition) is 4. The highest BCUT2D eigenvalue weighted by molar-refractivity contribution is 6.24. The monoisotopic (exact) mass is 1100 g/mol. The smallest absolute Gasteiger partial charge is 0.159 e. The van der Waals surface area contributed by atoms with Crippen molar-refractivity contribution in [3.63, 3.8) is 0 Å². The number of aromatic nitrogens is 2. The van der Waals surface area contributed by atoms with Crippen LogP contribution >= 0.6 is 0 Å². The predicted octanol–water partition coefficient (Wildman–Crippen LogP) is 22.2. The van der Waals surface area contributed by atoms with E-state index in [0.717, 1.165) is 90.8 Å². The van der Waals surface area contributed by atoms with Gasteiger partial charge in [0.15, 0.2) is 5.58 Å². The highest BCUT2D eigenvalue weighted by Gasteiger charge is 2.24. The van der Waals surface area contributed by atoms with Crippen LogP contribution in [0.4, 0.5) is 22.7 Å². The summed E-state index contributed by atoms with van der Waals surface area (Å²) in [7, 11) is 0. The van der Waals surface area contributed by atoms with E-state index in [-0.39, 0.29) is 0 Å². The van der Waals surface area contributed by atoms with E-state index in [9.17, 15) is 0 Å². The number of fused-ring (bicyclic) bond motifs is 13. The first kappa shape index (κ1) is 49.5. The van der Waals surface area contributed by atoms with Gasteiger partial charge in [-0.25, -0.2) is 0 Å². The number of furan rings is 2. The van der Waals surface area contributed by atoms with Crippen LogP contribution in [-0.2, 0) is 0 Å². The molecule has 0 bridgehead atoms. The zero-order chi connectivity index (χ0) is 57.0. The number of benzene rings is 10. The molecule has 1 aliphatic rings. The van der Waals surface area contributed by atoms with E-state index in [1.165, 1.54) is 87.7 Å².